The fourth-order valence-electron chi connectivity index (χ4n) is 5.06. The largest absolute Gasteiger partial charge is 0.462 e. The van der Waals surface area contributed by atoms with Gasteiger partial charge in [0.25, 0.3) is 0 Å². The minimum absolute atomic E-state index is 0.0441. The van der Waals surface area contributed by atoms with Crippen molar-refractivity contribution in [3.8, 4) is 0 Å². The lowest BCUT2D eigenvalue weighted by atomic mass is 9.74. The lowest BCUT2D eigenvalue weighted by molar-refractivity contribution is -0.932. The molecule has 1 aromatic heterocycles. The van der Waals surface area contributed by atoms with Crippen LogP contribution >= 0.6 is 0 Å². The quantitative estimate of drug-likeness (QED) is 0.744. The van der Waals surface area contributed by atoms with Gasteiger partial charge < -0.3 is 13.8 Å². The van der Waals surface area contributed by atoms with Crippen molar-refractivity contribution in [2.75, 3.05) is 33.2 Å². The fourth-order valence-corrected chi connectivity index (χ4v) is 5.06. The van der Waals surface area contributed by atoms with E-state index in [0.717, 1.165) is 29.0 Å². The Morgan fingerprint density at radius 1 is 1.26 bits per heavy atom. The van der Waals surface area contributed by atoms with Gasteiger partial charge in [-0.3, -0.25) is 0 Å². The van der Waals surface area contributed by atoms with E-state index in [0.29, 0.717) is 5.92 Å². The molecule has 3 fully saturated rings. The Bertz CT molecular complexity index is 813. The topological polar surface area (TPSA) is 26.5 Å². The number of hydrogen-bond acceptors (Lipinski definition) is 2. The minimum Gasteiger partial charge on any atom is -0.462 e. The highest BCUT2D eigenvalue weighted by molar-refractivity contribution is 6.07. The summed E-state index contributed by atoms with van der Waals surface area (Å²) in [6.45, 7) is 4.57. The van der Waals surface area contributed by atoms with Crippen molar-refractivity contribution in [1.82, 2.24) is 4.57 Å². The maximum absolute atomic E-state index is 6.62. The lowest BCUT2D eigenvalue weighted by Gasteiger charge is -2.54. The van der Waals surface area contributed by atoms with Gasteiger partial charge in [0, 0.05) is 42.9 Å². The summed E-state index contributed by atoms with van der Waals surface area (Å²) in [5, 5.41) is 1.24. The molecule has 3 saturated heterocycles. The highest BCUT2D eigenvalue weighted by Crippen LogP contribution is 2.44. The van der Waals surface area contributed by atoms with Crippen molar-refractivity contribution in [1.29, 1.82) is 0 Å². The van der Waals surface area contributed by atoms with Crippen LogP contribution in [0.2, 0.25) is 0 Å². The molecule has 6 rings (SSSR count). The summed E-state index contributed by atoms with van der Waals surface area (Å²) in [6.07, 6.45) is 4.74. The molecule has 0 N–H and O–H groups in total. The normalized spacial score (nSPS) is 35.7. The first-order valence-corrected chi connectivity index (χ1v) is 8.70. The van der Waals surface area contributed by atoms with E-state index in [4.69, 9.17) is 9.73 Å². The van der Waals surface area contributed by atoms with E-state index >= 15 is 0 Å². The second-order valence-electron chi connectivity index (χ2n) is 7.96. The van der Waals surface area contributed by atoms with Gasteiger partial charge in [0.05, 0.1) is 32.2 Å². The third-order valence-corrected chi connectivity index (χ3v) is 6.35. The first kappa shape index (κ1) is 13.6. The SMILES string of the molecule is Cn1cc(C2=NC[C@@]3(C[N+]4(C)CCC3CC4)O2)c2ccccc21. The Labute approximate surface area is 137 Å². The number of ether oxygens (including phenoxy) is 1. The standard InChI is InChI=1S/C19H24N3O/c1-21-11-16(15-5-3-4-6-17(15)21)18-20-12-19(23-18)13-22(2)9-7-14(19)8-10-22/h3-6,11,14H,7-10,12-13H2,1-2H3/q+1/t14?,19-,22?/m0/s1. The highest BCUT2D eigenvalue weighted by Gasteiger charge is 2.57. The van der Waals surface area contributed by atoms with Gasteiger partial charge in [0.1, 0.15) is 6.54 Å². The van der Waals surface area contributed by atoms with Crippen LogP contribution < -0.4 is 0 Å². The number of fused-ring (bicyclic) bond motifs is 3. The van der Waals surface area contributed by atoms with Crippen LogP contribution in [0, 0.1) is 5.92 Å². The summed E-state index contributed by atoms with van der Waals surface area (Å²) in [5.41, 5.74) is 2.35. The Kier molecular flexibility index (Phi) is 2.59. The summed E-state index contributed by atoms with van der Waals surface area (Å²) in [5.74, 6) is 1.54. The highest BCUT2D eigenvalue weighted by atomic mass is 16.5. The molecule has 0 radical (unpaired) electrons. The number of aryl methyl sites for hydroxylation is 1. The molecule has 5 heterocycles. The second-order valence-corrected chi connectivity index (χ2v) is 7.96. The van der Waals surface area contributed by atoms with Crippen LogP contribution in [0.1, 0.15) is 18.4 Å². The van der Waals surface area contributed by atoms with Crippen LogP contribution in [0.3, 0.4) is 0 Å². The first-order chi connectivity index (χ1) is 11.1. The van der Waals surface area contributed by atoms with Gasteiger partial charge in [-0.1, -0.05) is 18.2 Å². The molecule has 1 aromatic carbocycles. The molecule has 4 nitrogen and oxygen atoms in total. The summed E-state index contributed by atoms with van der Waals surface area (Å²) >= 11 is 0. The van der Waals surface area contributed by atoms with Crippen LogP contribution in [0.25, 0.3) is 10.9 Å². The average molecular weight is 310 g/mol. The Morgan fingerprint density at radius 3 is 2.83 bits per heavy atom. The zero-order valence-corrected chi connectivity index (χ0v) is 14.0. The summed E-state index contributed by atoms with van der Waals surface area (Å²) in [7, 11) is 4.48. The number of aromatic nitrogens is 1. The van der Waals surface area contributed by atoms with E-state index in [1.54, 1.807) is 0 Å². The van der Waals surface area contributed by atoms with E-state index in [9.17, 15) is 0 Å². The molecular formula is C19H24N3O+. The molecule has 1 atom stereocenters. The number of benzene rings is 1. The maximum Gasteiger partial charge on any atom is 0.219 e. The molecule has 0 aliphatic carbocycles. The van der Waals surface area contributed by atoms with Crippen molar-refractivity contribution >= 4 is 16.8 Å². The lowest BCUT2D eigenvalue weighted by Crippen LogP contribution is -2.68. The van der Waals surface area contributed by atoms with Gasteiger partial charge in [0.15, 0.2) is 5.60 Å². The average Bonchev–Trinajstić information content (AvgIpc) is 3.10. The van der Waals surface area contributed by atoms with Gasteiger partial charge in [-0.25, -0.2) is 4.99 Å². The Hall–Kier alpha value is -1.81. The molecule has 1 spiro atoms. The molecule has 120 valence electrons. The van der Waals surface area contributed by atoms with Crippen molar-refractivity contribution in [3.05, 3.63) is 36.0 Å². The molecule has 0 amide bonds. The smallest absolute Gasteiger partial charge is 0.219 e. The van der Waals surface area contributed by atoms with Gasteiger partial charge >= 0.3 is 0 Å². The second kappa shape index (κ2) is 4.38. The molecule has 23 heavy (non-hydrogen) atoms. The molecule has 2 bridgehead atoms. The predicted octanol–water partition coefficient (Wildman–Crippen LogP) is 2.56. The van der Waals surface area contributed by atoms with Crippen molar-refractivity contribution in [2.24, 2.45) is 18.0 Å². The Balaban J connectivity index is 1.52. The van der Waals surface area contributed by atoms with Gasteiger partial charge in [-0.05, 0) is 6.07 Å². The van der Waals surface area contributed by atoms with Gasteiger partial charge in [0.2, 0.25) is 5.90 Å². The molecule has 2 aromatic rings. The number of nitrogens with zero attached hydrogens (tertiary/aromatic N) is 3. The molecular weight excluding hydrogens is 286 g/mol. The summed E-state index contributed by atoms with van der Waals surface area (Å²) < 4.78 is 9.95. The number of hydrogen-bond donors (Lipinski definition) is 0. The van der Waals surface area contributed by atoms with Crippen LogP contribution in [0.5, 0.6) is 0 Å². The minimum atomic E-state index is -0.0441. The number of rotatable bonds is 1. The number of quaternary nitrogens is 1. The van der Waals surface area contributed by atoms with Crippen molar-refractivity contribution in [2.45, 2.75) is 18.4 Å². The predicted molar refractivity (Wildman–Crippen MR) is 91.6 cm³/mol. The number of likely N-dealkylation sites (N-methyl/N-ethyl adjacent to an activating group) is 1. The molecule has 4 aliphatic heterocycles. The van der Waals surface area contributed by atoms with Crippen LogP contribution in [-0.4, -0.2) is 53.8 Å². The third kappa shape index (κ3) is 1.84. The van der Waals surface area contributed by atoms with Gasteiger partial charge in [-0.15, -0.1) is 0 Å². The van der Waals surface area contributed by atoms with Crippen molar-refractivity contribution < 1.29 is 9.22 Å². The third-order valence-electron chi connectivity index (χ3n) is 6.35. The maximum atomic E-state index is 6.62. The van der Waals surface area contributed by atoms with E-state index in [1.807, 2.05) is 0 Å². The van der Waals surface area contributed by atoms with Crippen LogP contribution in [-0.2, 0) is 11.8 Å². The van der Waals surface area contributed by atoms with Crippen LogP contribution in [0.4, 0.5) is 0 Å². The van der Waals surface area contributed by atoms with E-state index < -0.39 is 0 Å². The van der Waals surface area contributed by atoms with Crippen molar-refractivity contribution in [3.63, 3.8) is 0 Å². The Morgan fingerprint density at radius 2 is 2.04 bits per heavy atom. The molecule has 0 unspecified atom stereocenters. The van der Waals surface area contributed by atoms with Crippen LogP contribution in [0.15, 0.2) is 35.5 Å². The molecule has 4 aliphatic rings. The number of para-hydroxylation sites is 1. The zero-order chi connectivity index (χ0) is 15.7. The summed E-state index contributed by atoms with van der Waals surface area (Å²) in [4.78, 5) is 4.87. The van der Waals surface area contributed by atoms with Gasteiger partial charge in [-0.2, -0.15) is 0 Å². The zero-order valence-electron chi connectivity index (χ0n) is 14.0. The fraction of sp³-hybridized carbons (Fsp3) is 0.526. The number of piperidine rings is 3. The van der Waals surface area contributed by atoms with E-state index in [1.165, 1.54) is 36.8 Å². The molecule has 4 heteroatoms. The van der Waals surface area contributed by atoms with E-state index in [2.05, 4.69) is 49.1 Å². The monoisotopic (exact) mass is 310 g/mol. The molecule has 0 saturated carbocycles. The van der Waals surface area contributed by atoms with E-state index in [-0.39, 0.29) is 5.60 Å². The number of aliphatic imine (C=N–C) groups is 1. The summed E-state index contributed by atoms with van der Waals surface area (Å²) in [6, 6.07) is 8.51. The first-order valence-electron chi connectivity index (χ1n) is 8.70.